The van der Waals surface area contributed by atoms with Crippen molar-refractivity contribution >= 4 is 29.1 Å². The Morgan fingerprint density at radius 3 is 2.38 bits per heavy atom. The molecule has 1 aromatic heterocycles. The van der Waals surface area contributed by atoms with Crippen LogP contribution in [0.5, 0.6) is 0 Å². The van der Waals surface area contributed by atoms with Crippen LogP contribution in [0.4, 0.5) is 8.78 Å². The van der Waals surface area contributed by atoms with Crippen LogP contribution in [0.3, 0.4) is 0 Å². The first-order valence-corrected chi connectivity index (χ1v) is 14.2. The van der Waals surface area contributed by atoms with Gasteiger partial charge in [0.1, 0.15) is 11.6 Å². The highest BCUT2D eigenvalue weighted by Gasteiger charge is 2.49. The molecule has 1 aliphatic heterocycles. The molecule has 1 saturated heterocycles. The van der Waals surface area contributed by atoms with Gasteiger partial charge in [-0.05, 0) is 89.5 Å². The van der Waals surface area contributed by atoms with Gasteiger partial charge in [-0.1, -0.05) is 29.3 Å². The zero-order chi connectivity index (χ0) is 28.1. The van der Waals surface area contributed by atoms with Crippen molar-refractivity contribution in [3.8, 4) is 5.69 Å². The number of halogens is 4. The summed E-state index contributed by atoms with van der Waals surface area (Å²) in [6, 6.07) is 11.3. The Morgan fingerprint density at radius 1 is 1.03 bits per heavy atom. The molecule has 0 bridgehead atoms. The molecular weight excluding hydrogens is 541 g/mol. The van der Waals surface area contributed by atoms with E-state index in [2.05, 4.69) is 17.9 Å². The number of piperidine rings is 1. The Hall–Kier alpha value is -2.48. The molecule has 1 aliphatic carbocycles. The van der Waals surface area contributed by atoms with Crippen molar-refractivity contribution in [3.05, 3.63) is 81.1 Å². The lowest BCUT2D eigenvalue weighted by Crippen LogP contribution is -2.43. The van der Waals surface area contributed by atoms with Crippen molar-refractivity contribution in [2.45, 2.75) is 56.9 Å². The van der Waals surface area contributed by atoms with E-state index in [-0.39, 0.29) is 29.2 Å². The van der Waals surface area contributed by atoms with Gasteiger partial charge in [0, 0.05) is 48.1 Å². The molecular formula is C30H34Cl2F2N4O. The van der Waals surface area contributed by atoms with Crippen LogP contribution in [0.1, 0.15) is 61.4 Å². The SMILES string of the molecule is Cc1cc(C2CCN(C(=O)[C@@H]3C[C@@](C)(N(C)C)C[C@H]3c3ccc(F)cc3F)CC2)n(-c2ccc(Cl)c(Cl)c2)n1. The minimum atomic E-state index is -0.607. The second-order valence-electron chi connectivity index (χ2n) is 11.5. The Labute approximate surface area is 238 Å². The summed E-state index contributed by atoms with van der Waals surface area (Å²) in [5.41, 5.74) is 3.02. The van der Waals surface area contributed by atoms with Gasteiger partial charge >= 0.3 is 0 Å². The molecule has 39 heavy (non-hydrogen) atoms. The van der Waals surface area contributed by atoms with E-state index in [1.165, 1.54) is 12.1 Å². The molecule has 208 valence electrons. The number of hydrogen-bond acceptors (Lipinski definition) is 3. The number of carbonyl (C=O) groups excluding carboxylic acids is 1. The molecule has 2 aliphatic rings. The summed E-state index contributed by atoms with van der Waals surface area (Å²) < 4.78 is 30.5. The Bertz CT molecular complexity index is 1390. The van der Waals surface area contributed by atoms with Crippen molar-refractivity contribution in [2.75, 3.05) is 27.2 Å². The third kappa shape index (κ3) is 5.46. The van der Waals surface area contributed by atoms with Gasteiger partial charge in [-0.2, -0.15) is 5.10 Å². The quantitative estimate of drug-likeness (QED) is 0.330. The molecule has 2 heterocycles. The van der Waals surface area contributed by atoms with Gasteiger partial charge < -0.3 is 9.80 Å². The normalized spacial score (nSPS) is 24.1. The second-order valence-corrected chi connectivity index (χ2v) is 12.3. The lowest BCUT2D eigenvalue weighted by molar-refractivity contribution is -0.137. The summed E-state index contributed by atoms with van der Waals surface area (Å²) in [7, 11) is 3.99. The highest BCUT2D eigenvalue weighted by atomic mass is 35.5. The summed E-state index contributed by atoms with van der Waals surface area (Å²) >= 11 is 12.4. The fourth-order valence-corrected chi connectivity index (χ4v) is 6.63. The van der Waals surface area contributed by atoms with Gasteiger partial charge in [0.25, 0.3) is 0 Å². The predicted molar refractivity (Wildman–Crippen MR) is 151 cm³/mol. The number of hydrogen-bond donors (Lipinski definition) is 0. The van der Waals surface area contributed by atoms with Gasteiger partial charge in [0.15, 0.2) is 0 Å². The first-order chi connectivity index (χ1) is 18.5. The molecule has 0 N–H and O–H groups in total. The van der Waals surface area contributed by atoms with Crippen LogP contribution < -0.4 is 0 Å². The van der Waals surface area contributed by atoms with Gasteiger partial charge in [-0.15, -0.1) is 0 Å². The molecule has 2 fully saturated rings. The highest BCUT2D eigenvalue weighted by Crippen LogP contribution is 2.49. The number of aromatic nitrogens is 2. The van der Waals surface area contributed by atoms with Crippen LogP contribution in [0.25, 0.3) is 5.69 Å². The number of aryl methyl sites for hydroxylation is 1. The number of amides is 1. The maximum Gasteiger partial charge on any atom is 0.226 e. The second kappa shape index (κ2) is 10.8. The van der Waals surface area contributed by atoms with E-state index in [4.69, 9.17) is 28.3 Å². The standard InChI is InChI=1S/C30H34Cl2F2N4O/c1-18-13-28(38(35-18)21-6-8-25(31)26(32)15-21)19-9-11-37(12-10-19)29(39)24-17-30(2,36(3)4)16-23(24)22-7-5-20(33)14-27(22)34/h5-8,13-15,19,23-24H,9-12,16-17H2,1-4H3/t23-,24+,30-/m0/s1. The van der Waals surface area contributed by atoms with Crippen molar-refractivity contribution in [1.82, 2.24) is 19.6 Å². The molecule has 2 aromatic carbocycles. The van der Waals surface area contributed by atoms with E-state index in [9.17, 15) is 13.6 Å². The number of likely N-dealkylation sites (tertiary alicyclic amines) is 1. The maximum absolute atomic E-state index is 14.9. The van der Waals surface area contributed by atoms with E-state index in [1.54, 1.807) is 6.07 Å². The Kier molecular flexibility index (Phi) is 7.79. The van der Waals surface area contributed by atoms with Gasteiger partial charge in [-0.25, -0.2) is 13.5 Å². The molecule has 5 nitrogen and oxygen atoms in total. The molecule has 0 unspecified atom stereocenters. The number of benzene rings is 2. The average molecular weight is 576 g/mol. The van der Waals surface area contributed by atoms with E-state index in [0.717, 1.165) is 36.0 Å². The summed E-state index contributed by atoms with van der Waals surface area (Å²) in [6.45, 7) is 5.31. The van der Waals surface area contributed by atoms with Crippen LogP contribution in [0, 0.1) is 24.5 Å². The van der Waals surface area contributed by atoms with Crippen LogP contribution in [0.15, 0.2) is 42.5 Å². The lowest BCUT2D eigenvalue weighted by Gasteiger charge is -2.35. The molecule has 3 atom stereocenters. The Morgan fingerprint density at radius 2 is 1.74 bits per heavy atom. The summed E-state index contributed by atoms with van der Waals surface area (Å²) in [5, 5.41) is 5.67. The summed E-state index contributed by atoms with van der Waals surface area (Å²) in [5.74, 6) is -1.57. The molecule has 5 rings (SSSR count). The third-order valence-corrected chi connectivity index (χ3v) is 9.53. The van der Waals surface area contributed by atoms with E-state index < -0.39 is 11.6 Å². The lowest BCUT2D eigenvalue weighted by atomic mass is 9.86. The minimum absolute atomic E-state index is 0.0573. The van der Waals surface area contributed by atoms with E-state index in [1.807, 2.05) is 42.7 Å². The topological polar surface area (TPSA) is 41.4 Å². The van der Waals surface area contributed by atoms with Crippen molar-refractivity contribution in [1.29, 1.82) is 0 Å². The van der Waals surface area contributed by atoms with Gasteiger partial charge in [0.2, 0.25) is 5.91 Å². The number of rotatable bonds is 5. The van der Waals surface area contributed by atoms with E-state index in [0.29, 0.717) is 41.5 Å². The van der Waals surface area contributed by atoms with Crippen LogP contribution >= 0.6 is 23.2 Å². The molecule has 1 saturated carbocycles. The summed E-state index contributed by atoms with van der Waals surface area (Å²) in [6.07, 6.45) is 2.86. The van der Waals surface area contributed by atoms with Gasteiger partial charge in [-0.3, -0.25) is 4.79 Å². The van der Waals surface area contributed by atoms with Crippen molar-refractivity contribution in [2.24, 2.45) is 5.92 Å². The largest absolute Gasteiger partial charge is 0.342 e. The molecule has 9 heteroatoms. The summed E-state index contributed by atoms with van der Waals surface area (Å²) in [4.78, 5) is 18.0. The zero-order valence-electron chi connectivity index (χ0n) is 22.7. The highest BCUT2D eigenvalue weighted by molar-refractivity contribution is 6.42. The van der Waals surface area contributed by atoms with Crippen molar-refractivity contribution in [3.63, 3.8) is 0 Å². The monoisotopic (exact) mass is 574 g/mol. The molecule has 1 amide bonds. The zero-order valence-corrected chi connectivity index (χ0v) is 24.2. The smallest absolute Gasteiger partial charge is 0.226 e. The average Bonchev–Trinajstić information content (AvgIpc) is 3.46. The fraction of sp³-hybridized carbons (Fsp3) is 0.467. The minimum Gasteiger partial charge on any atom is -0.342 e. The van der Waals surface area contributed by atoms with E-state index >= 15 is 0 Å². The molecule has 0 spiro atoms. The number of nitrogens with zero attached hydrogens (tertiary/aromatic N) is 4. The van der Waals surface area contributed by atoms with Crippen LogP contribution in [0.2, 0.25) is 10.0 Å². The number of carbonyl (C=O) groups is 1. The molecule has 3 aromatic rings. The first-order valence-electron chi connectivity index (χ1n) is 13.4. The van der Waals surface area contributed by atoms with Crippen molar-refractivity contribution < 1.29 is 13.6 Å². The predicted octanol–water partition coefficient (Wildman–Crippen LogP) is 6.99. The maximum atomic E-state index is 14.9. The van der Waals surface area contributed by atoms with Gasteiger partial charge in [0.05, 0.1) is 21.4 Å². The fourth-order valence-electron chi connectivity index (χ4n) is 6.33. The Balaban J connectivity index is 1.35. The van der Waals surface area contributed by atoms with Crippen LogP contribution in [-0.4, -0.2) is 58.2 Å². The third-order valence-electron chi connectivity index (χ3n) is 8.80. The molecule has 0 radical (unpaired) electrons. The first kappa shape index (κ1) is 28.1. The van der Waals surface area contributed by atoms with Crippen LogP contribution in [-0.2, 0) is 4.79 Å².